The first-order chi connectivity index (χ1) is 8.49. The average Bonchev–Trinajstić information content (AvgIpc) is 2.33. The molecule has 1 fully saturated rings. The highest BCUT2D eigenvalue weighted by atomic mass is 79.9. The molecular formula is C12H13BrClFN2O. The fourth-order valence-electron chi connectivity index (χ4n) is 1.97. The summed E-state index contributed by atoms with van der Waals surface area (Å²) in [6.07, 6.45) is 0. The molecule has 2 rings (SSSR count). The van der Waals surface area contributed by atoms with Crippen molar-refractivity contribution in [2.24, 2.45) is 0 Å². The molecule has 0 saturated carbocycles. The summed E-state index contributed by atoms with van der Waals surface area (Å²) < 4.78 is 14.2. The Balaban J connectivity index is 2.25. The third-order valence-corrected chi connectivity index (χ3v) is 4.09. The van der Waals surface area contributed by atoms with Crippen LogP contribution in [0.1, 0.15) is 17.3 Å². The highest BCUT2D eigenvalue weighted by Gasteiger charge is 2.24. The summed E-state index contributed by atoms with van der Waals surface area (Å²) in [7, 11) is 0. The molecule has 1 aromatic rings. The molecule has 0 unspecified atom stereocenters. The third kappa shape index (κ3) is 2.84. The second-order valence-electron chi connectivity index (χ2n) is 4.35. The largest absolute Gasteiger partial charge is 0.336 e. The van der Waals surface area contributed by atoms with Gasteiger partial charge in [-0.15, -0.1) is 0 Å². The van der Waals surface area contributed by atoms with E-state index in [1.54, 1.807) is 4.90 Å². The summed E-state index contributed by atoms with van der Waals surface area (Å²) in [5.74, 6) is -0.863. The van der Waals surface area contributed by atoms with Crippen LogP contribution >= 0.6 is 27.5 Å². The van der Waals surface area contributed by atoms with E-state index in [2.05, 4.69) is 21.2 Å². The van der Waals surface area contributed by atoms with Crippen LogP contribution in [0.5, 0.6) is 0 Å². The number of hydrogen-bond acceptors (Lipinski definition) is 2. The lowest BCUT2D eigenvalue weighted by Crippen LogP contribution is -2.51. The summed E-state index contributed by atoms with van der Waals surface area (Å²) in [5.41, 5.74) is 0.0253. The summed E-state index contributed by atoms with van der Waals surface area (Å²) in [5, 5.41) is 3.57. The van der Waals surface area contributed by atoms with E-state index in [0.717, 1.165) is 6.54 Å². The van der Waals surface area contributed by atoms with Crippen molar-refractivity contribution in [3.05, 3.63) is 33.0 Å². The summed E-state index contributed by atoms with van der Waals surface area (Å²) >= 11 is 9.03. The van der Waals surface area contributed by atoms with Gasteiger partial charge in [-0.3, -0.25) is 4.79 Å². The maximum atomic E-state index is 13.8. The Bertz CT molecular complexity index is 483. The Morgan fingerprint density at radius 3 is 3.00 bits per heavy atom. The first-order valence-electron chi connectivity index (χ1n) is 5.66. The quantitative estimate of drug-likeness (QED) is 0.800. The van der Waals surface area contributed by atoms with Gasteiger partial charge in [-0.05, 0) is 35.0 Å². The van der Waals surface area contributed by atoms with Gasteiger partial charge in [0.15, 0.2) is 0 Å². The van der Waals surface area contributed by atoms with Crippen LogP contribution in [0.25, 0.3) is 0 Å². The molecule has 0 spiro atoms. The Morgan fingerprint density at radius 1 is 1.61 bits per heavy atom. The minimum atomic E-state index is -0.553. The van der Waals surface area contributed by atoms with Crippen LogP contribution in [-0.4, -0.2) is 36.5 Å². The highest BCUT2D eigenvalue weighted by Crippen LogP contribution is 2.26. The topological polar surface area (TPSA) is 32.3 Å². The first-order valence-corrected chi connectivity index (χ1v) is 6.83. The third-order valence-electron chi connectivity index (χ3n) is 2.90. The molecule has 3 nitrogen and oxygen atoms in total. The summed E-state index contributed by atoms with van der Waals surface area (Å²) in [6.45, 7) is 3.87. The van der Waals surface area contributed by atoms with E-state index in [1.807, 2.05) is 6.92 Å². The zero-order chi connectivity index (χ0) is 13.3. The van der Waals surface area contributed by atoms with Crippen LogP contribution in [0.3, 0.4) is 0 Å². The molecule has 98 valence electrons. The lowest BCUT2D eigenvalue weighted by Gasteiger charge is -2.32. The first kappa shape index (κ1) is 13.8. The SMILES string of the molecule is C[C@H]1CN(C(=O)c2cc(Cl)c(Br)cc2F)CCN1. The Labute approximate surface area is 118 Å². The van der Waals surface area contributed by atoms with E-state index in [9.17, 15) is 9.18 Å². The lowest BCUT2D eigenvalue weighted by molar-refractivity contribution is 0.0704. The molecule has 18 heavy (non-hydrogen) atoms. The number of hydrogen-bond donors (Lipinski definition) is 1. The molecule has 0 aromatic heterocycles. The van der Waals surface area contributed by atoms with Crippen LogP contribution < -0.4 is 5.32 Å². The van der Waals surface area contributed by atoms with Crippen molar-refractivity contribution in [3.63, 3.8) is 0 Å². The van der Waals surface area contributed by atoms with E-state index in [1.165, 1.54) is 12.1 Å². The standard InChI is InChI=1S/C12H13BrClFN2O/c1-7-6-17(3-2-16-7)12(18)8-4-10(14)9(13)5-11(8)15/h4-5,7,16H,2-3,6H2,1H3/t7-/m0/s1. The smallest absolute Gasteiger partial charge is 0.256 e. The van der Waals surface area contributed by atoms with Crippen LogP contribution in [0.4, 0.5) is 4.39 Å². The van der Waals surface area contributed by atoms with Gasteiger partial charge in [-0.2, -0.15) is 0 Å². The Kier molecular flexibility index (Phi) is 4.25. The second-order valence-corrected chi connectivity index (χ2v) is 5.61. The number of nitrogens with one attached hydrogen (secondary N) is 1. The normalized spacial score (nSPS) is 20.0. The van der Waals surface area contributed by atoms with Crippen molar-refractivity contribution in [2.45, 2.75) is 13.0 Å². The van der Waals surface area contributed by atoms with Gasteiger partial charge < -0.3 is 10.2 Å². The molecule has 1 atom stereocenters. The number of halogens is 3. The molecule has 6 heteroatoms. The molecule has 1 aliphatic rings. The predicted octanol–water partition coefficient (Wildman–Crippen LogP) is 2.68. The minimum absolute atomic E-state index is 0.0253. The van der Waals surface area contributed by atoms with Crippen molar-refractivity contribution in [1.29, 1.82) is 0 Å². The molecule has 1 aliphatic heterocycles. The summed E-state index contributed by atoms with van der Waals surface area (Å²) in [6, 6.07) is 2.81. The van der Waals surface area contributed by atoms with E-state index >= 15 is 0 Å². The summed E-state index contributed by atoms with van der Waals surface area (Å²) in [4.78, 5) is 13.9. The molecule has 1 amide bonds. The zero-order valence-electron chi connectivity index (χ0n) is 9.84. The van der Waals surface area contributed by atoms with Crippen LogP contribution in [0.2, 0.25) is 5.02 Å². The monoisotopic (exact) mass is 334 g/mol. The fraction of sp³-hybridized carbons (Fsp3) is 0.417. The average molecular weight is 336 g/mol. The van der Waals surface area contributed by atoms with Crippen molar-refractivity contribution in [1.82, 2.24) is 10.2 Å². The number of benzene rings is 1. The van der Waals surface area contributed by atoms with Crippen molar-refractivity contribution < 1.29 is 9.18 Å². The fourth-order valence-corrected chi connectivity index (χ4v) is 2.45. The van der Waals surface area contributed by atoms with Crippen LogP contribution in [-0.2, 0) is 0 Å². The number of amides is 1. The molecule has 1 saturated heterocycles. The number of rotatable bonds is 1. The Hall–Kier alpha value is -0.650. The maximum Gasteiger partial charge on any atom is 0.256 e. The number of carbonyl (C=O) groups is 1. The van der Waals surface area contributed by atoms with E-state index < -0.39 is 5.82 Å². The van der Waals surface area contributed by atoms with Gasteiger partial charge in [0.05, 0.1) is 10.6 Å². The van der Waals surface area contributed by atoms with Gasteiger partial charge in [0.2, 0.25) is 0 Å². The molecule has 1 heterocycles. The molecule has 0 bridgehead atoms. The Morgan fingerprint density at radius 2 is 2.33 bits per heavy atom. The van der Waals surface area contributed by atoms with Gasteiger partial charge in [0.25, 0.3) is 5.91 Å². The number of piperazine rings is 1. The lowest BCUT2D eigenvalue weighted by atomic mass is 10.1. The van der Waals surface area contributed by atoms with Gasteiger partial charge in [-0.1, -0.05) is 11.6 Å². The highest BCUT2D eigenvalue weighted by molar-refractivity contribution is 9.10. The van der Waals surface area contributed by atoms with Gasteiger partial charge >= 0.3 is 0 Å². The molecule has 1 N–H and O–H groups in total. The number of carbonyl (C=O) groups excluding carboxylic acids is 1. The predicted molar refractivity (Wildman–Crippen MR) is 72.5 cm³/mol. The van der Waals surface area contributed by atoms with Gasteiger partial charge in [0, 0.05) is 30.1 Å². The second kappa shape index (κ2) is 5.55. The van der Waals surface area contributed by atoms with Crippen molar-refractivity contribution in [3.8, 4) is 0 Å². The van der Waals surface area contributed by atoms with Crippen molar-refractivity contribution >= 4 is 33.4 Å². The molecular weight excluding hydrogens is 323 g/mol. The minimum Gasteiger partial charge on any atom is -0.336 e. The van der Waals surface area contributed by atoms with Gasteiger partial charge in [-0.25, -0.2) is 4.39 Å². The van der Waals surface area contributed by atoms with E-state index in [4.69, 9.17) is 11.6 Å². The zero-order valence-corrected chi connectivity index (χ0v) is 12.2. The molecule has 0 radical (unpaired) electrons. The van der Waals surface area contributed by atoms with Crippen LogP contribution in [0.15, 0.2) is 16.6 Å². The van der Waals surface area contributed by atoms with E-state index in [0.29, 0.717) is 22.6 Å². The van der Waals surface area contributed by atoms with Gasteiger partial charge in [0.1, 0.15) is 5.82 Å². The van der Waals surface area contributed by atoms with E-state index in [-0.39, 0.29) is 17.5 Å². The number of nitrogens with zero attached hydrogens (tertiary/aromatic N) is 1. The van der Waals surface area contributed by atoms with Crippen LogP contribution in [0, 0.1) is 5.82 Å². The maximum absolute atomic E-state index is 13.8. The van der Waals surface area contributed by atoms with Crippen molar-refractivity contribution in [2.75, 3.05) is 19.6 Å². The molecule has 1 aromatic carbocycles. The molecule has 0 aliphatic carbocycles.